The van der Waals surface area contributed by atoms with Crippen molar-refractivity contribution in [1.82, 2.24) is 5.32 Å². The van der Waals surface area contributed by atoms with Crippen molar-refractivity contribution in [2.75, 3.05) is 27.4 Å². The van der Waals surface area contributed by atoms with Crippen molar-refractivity contribution in [3.63, 3.8) is 0 Å². The van der Waals surface area contributed by atoms with Crippen molar-refractivity contribution in [3.05, 3.63) is 35.4 Å². The zero-order valence-corrected chi connectivity index (χ0v) is 12.2. The average molecular weight is 263 g/mol. The first kappa shape index (κ1) is 14.5. The summed E-state index contributed by atoms with van der Waals surface area (Å²) in [5.41, 5.74) is 2.84. The number of nitrogens with one attached hydrogen (secondary N) is 1. The number of rotatable bonds is 7. The van der Waals surface area contributed by atoms with E-state index < -0.39 is 0 Å². The van der Waals surface area contributed by atoms with Gasteiger partial charge in [0.25, 0.3) is 0 Å². The fraction of sp³-hybridized carbons (Fsp3) is 0.625. The minimum Gasteiger partial charge on any atom is -0.382 e. The van der Waals surface area contributed by atoms with Crippen molar-refractivity contribution in [1.29, 1.82) is 0 Å². The number of hydrogen-bond donors (Lipinski definition) is 1. The number of methoxy groups -OCH3 is 2. The van der Waals surface area contributed by atoms with Gasteiger partial charge in [0.1, 0.15) is 0 Å². The Hall–Kier alpha value is -0.900. The van der Waals surface area contributed by atoms with E-state index in [1.807, 2.05) is 0 Å². The smallest absolute Gasteiger partial charge is 0.0928 e. The van der Waals surface area contributed by atoms with Crippen LogP contribution in [-0.4, -0.2) is 39.5 Å². The quantitative estimate of drug-likeness (QED) is 0.820. The summed E-state index contributed by atoms with van der Waals surface area (Å²) in [6, 6.07) is 9.50. The van der Waals surface area contributed by atoms with Crippen LogP contribution in [0.4, 0.5) is 0 Å². The predicted molar refractivity (Wildman–Crippen MR) is 77.6 cm³/mol. The van der Waals surface area contributed by atoms with Gasteiger partial charge in [0.05, 0.1) is 12.7 Å². The van der Waals surface area contributed by atoms with E-state index in [9.17, 15) is 0 Å². The standard InChI is InChI=1S/C16H25NO2/c1-12-5-4-6-13(7-12)14-8-15(9-14)17-10-16(19-3)11-18-2/h4-7,14-17H,8-11H2,1-3H3. The fourth-order valence-electron chi connectivity index (χ4n) is 2.68. The van der Waals surface area contributed by atoms with Gasteiger partial charge in [0, 0.05) is 26.8 Å². The molecule has 1 aromatic rings. The van der Waals surface area contributed by atoms with Gasteiger partial charge in [-0.1, -0.05) is 29.8 Å². The molecule has 1 saturated carbocycles. The molecule has 0 radical (unpaired) electrons. The summed E-state index contributed by atoms with van der Waals surface area (Å²) in [6.45, 7) is 3.68. The Balaban J connectivity index is 1.71. The van der Waals surface area contributed by atoms with Crippen LogP contribution in [0.2, 0.25) is 0 Å². The van der Waals surface area contributed by atoms with Gasteiger partial charge in [-0.3, -0.25) is 0 Å². The third kappa shape index (κ3) is 4.03. The van der Waals surface area contributed by atoms with Crippen LogP contribution >= 0.6 is 0 Å². The second-order valence-electron chi connectivity index (χ2n) is 5.50. The minimum absolute atomic E-state index is 0.156. The molecule has 2 rings (SSSR count). The van der Waals surface area contributed by atoms with Crippen LogP contribution < -0.4 is 5.32 Å². The van der Waals surface area contributed by atoms with Crippen molar-refractivity contribution in [2.45, 2.75) is 37.8 Å². The molecule has 1 aliphatic carbocycles. The van der Waals surface area contributed by atoms with Crippen LogP contribution in [0.25, 0.3) is 0 Å². The number of ether oxygens (including phenoxy) is 2. The molecule has 19 heavy (non-hydrogen) atoms. The molecule has 0 saturated heterocycles. The van der Waals surface area contributed by atoms with E-state index in [4.69, 9.17) is 9.47 Å². The van der Waals surface area contributed by atoms with Crippen LogP contribution in [0, 0.1) is 6.92 Å². The van der Waals surface area contributed by atoms with Crippen molar-refractivity contribution in [3.8, 4) is 0 Å². The Morgan fingerprint density at radius 1 is 1.32 bits per heavy atom. The lowest BCUT2D eigenvalue weighted by Gasteiger charge is -2.37. The molecule has 0 spiro atoms. The molecule has 1 atom stereocenters. The molecule has 1 aromatic carbocycles. The van der Waals surface area contributed by atoms with E-state index in [2.05, 4.69) is 36.5 Å². The molecule has 3 heteroatoms. The fourth-order valence-corrected chi connectivity index (χ4v) is 2.68. The summed E-state index contributed by atoms with van der Waals surface area (Å²) in [6.07, 6.45) is 2.61. The first-order valence-electron chi connectivity index (χ1n) is 7.04. The zero-order valence-electron chi connectivity index (χ0n) is 12.2. The number of benzene rings is 1. The van der Waals surface area contributed by atoms with Crippen LogP contribution in [0.5, 0.6) is 0 Å². The molecule has 0 amide bonds. The molecule has 0 aliphatic heterocycles. The lowest BCUT2D eigenvalue weighted by molar-refractivity contribution is 0.0251. The Kier molecular flexibility index (Phi) is 5.37. The summed E-state index contributed by atoms with van der Waals surface area (Å²) in [5.74, 6) is 0.723. The lowest BCUT2D eigenvalue weighted by Crippen LogP contribution is -2.44. The van der Waals surface area contributed by atoms with Gasteiger partial charge in [-0.15, -0.1) is 0 Å². The molecule has 0 bridgehead atoms. The Morgan fingerprint density at radius 3 is 2.74 bits per heavy atom. The van der Waals surface area contributed by atoms with E-state index in [1.54, 1.807) is 14.2 Å². The van der Waals surface area contributed by atoms with Crippen molar-refractivity contribution < 1.29 is 9.47 Å². The highest BCUT2D eigenvalue weighted by Gasteiger charge is 2.30. The minimum atomic E-state index is 0.156. The lowest BCUT2D eigenvalue weighted by atomic mass is 9.75. The van der Waals surface area contributed by atoms with Gasteiger partial charge >= 0.3 is 0 Å². The van der Waals surface area contributed by atoms with E-state index in [-0.39, 0.29) is 6.10 Å². The molecule has 1 aliphatic rings. The molecule has 0 aromatic heterocycles. The second-order valence-corrected chi connectivity index (χ2v) is 5.50. The highest BCUT2D eigenvalue weighted by molar-refractivity contribution is 5.27. The molecular weight excluding hydrogens is 238 g/mol. The van der Waals surface area contributed by atoms with Crippen LogP contribution in [0.1, 0.15) is 29.9 Å². The first-order chi connectivity index (χ1) is 9.22. The predicted octanol–water partition coefficient (Wildman–Crippen LogP) is 2.49. The molecular formula is C16H25NO2. The second kappa shape index (κ2) is 7.04. The zero-order chi connectivity index (χ0) is 13.7. The van der Waals surface area contributed by atoms with Gasteiger partial charge in [0.2, 0.25) is 0 Å². The normalized spacial score (nSPS) is 23.9. The van der Waals surface area contributed by atoms with E-state index in [0.717, 1.165) is 12.5 Å². The first-order valence-corrected chi connectivity index (χ1v) is 7.04. The van der Waals surface area contributed by atoms with Gasteiger partial charge in [0.15, 0.2) is 0 Å². The van der Waals surface area contributed by atoms with Crippen LogP contribution in [-0.2, 0) is 9.47 Å². The van der Waals surface area contributed by atoms with E-state index in [1.165, 1.54) is 24.0 Å². The summed E-state index contributed by atoms with van der Waals surface area (Å²) in [5, 5.41) is 3.56. The summed E-state index contributed by atoms with van der Waals surface area (Å²) >= 11 is 0. The van der Waals surface area contributed by atoms with Crippen LogP contribution in [0.15, 0.2) is 24.3 Å². The van der Waals surface area contributed by atoms with Crippen molar-refractivity contribution >= 4 is 0 Å². The Morgan fingerprint density at radius 2 is 2.11 bits per heavy atom. The molecule has 1 fully saturated rings. The largest absolute Gasteiger partial charge is 0.382 e. The summed E-state index contributed by atoms with van der Waals surface area (Å²) in [7, 11) is 3.45. The summed E-state index contributed by atoms with van der Waals surface area (Å²) < 4.78 is 10.5. The molecule has 0 heterocycles. The molecule has 3 nitrogen and oxygen atoms in total. The average Bonchev–Trinajstić information content (AvgIpc) is 2.35. The maximum Gasteiger partial charge on any atom is 0.0928 e. The third-order valence-corrected chi connectivity index (χ3v) is 3.97. The monoisotopic (exact) mass is 263 g/mol. The summed E-state index contributed by atoms with van der Waals surface area (Å²) in [4.78, 5) is 0. The van der Waals surface area contributed by atoms with E-state index in [0.29, 0.717) is 12.6 Å². The maximum atomic E-state index is 5.35. The third-order valence-electron chi connectivity index (χ3n) is 3.97. The molecule has 1 unspecified atom stereocenters. The highest BCUT2D eigenvalue weighted by Crippen LogP contribution is 2.36. The maximum absolute atomic E-state index is 5.35. The number of hydrogen-bond acceptors (Lipinski definition) is 3. The Bertz CT molecular complexity index is 388. The van der Waals surface area contributed by atoms with Crippen molar-refractivity contribution in [2.24, 2.45) is 0 Å². The molecule has 1 N–H and O–H groups in total. The van der Waals surface area contributed by atoms with Gasteiger partial charge < -0.3 is 14.8 Å². The van der Waals surface area contributed by atoms with Gasteiger partial charge in [-0.25, -0.2) is 0 Å². The van der Waals surface area contributed by atoms with Gasteiger partial charge in [-0.05, 0) is 31.2 Å². The highest BCUT2D eigenvalue weighted by atomic mass is 16.5. The van der Waals surface area contributed by atoms with Gasteiger partial charge in [-0.2, -0.15) is 0 Å². The molecule has 106 valence electrons. The SMILES string of the molecule is COCC(CNC1CC(c2cccc(C)c2)C1)OC. The topological polar surface area (TPSA) is 30.5 Å². The van der Waals surface area contributed by atoms with Crippen LogP contribution in [0.3, 0.4) is 0 Å². The van der Waals surface area contributed by atoms with E-state index >= 15 is 0 Å². The Labute approximate surface area is 116 Å². The number of aryl methyl sites for hydroxylation is 1.